The first kappa shape index (κ1) is 10.6. The second-order valence-corrected chi connectivity index (χ2v) is 3.71. The molecule has 0 bridgehead atoms. The average Bonchev–Trinajstić information content (AvgIpc) is 3.02. The third kappa shape index (κ3) is 3.30. The zero-order valence-electron chi connectivity index (χ0n) is 8.60. The van der Waals surface area contributed by atoms with Crippen LogP contribution in [0.25, 0.3) is 0 Å². The van der Waals surface area contributed by atoms with Crippen molar-refractivity contribution in [3.63, 3.8) is 0 Å². The lowest BCUT2D eigenvalue weighted by atomic mass is 10.3. The van der Waals surface area contributed by atoms with Crippen molar-refractivity contribution in [2.24, 2.45) is 0 Å². The van der Waals surface area contributed by atoms with Crippen LogP contribution in [-0.4, -0.2) is 44.3 Å². The molecule has 0 spiro atoms. The van der Waals surface area contributed by atoms with E-state index >= 15 is 0 Å². The number of rotatable bonds is 6. The van der Waals surface area contributed by atoms with Crippen LogP contribution in [0.2, 0.25) is 0 Å². The molecule has 0 radical (unpaired) electrons. The zero-order chi connectivity index (χ0) is 10.8. The van der Waals surface area contributed by atoms with Crippen molar-refractivity contribution in [2.75, 3.05) is 19.8 Å². The van der Waals surface area contributed by atoms with Gasteiger partial charge in [-0.2, -0.15) is 0 Å². The highest BCUT2D eigenvalue weighted by Gasteiger charge is 2.38. The lowest BCUT2D eigenvalue weighted by molar-refractivity contribution is -0.179. The van der Waals surface area contributed by atoms with Crippen molar-refractivity contribution in [3.8, 4) is 0 Å². The van der Waals surface area contributed by atoms with Crippen molar-refractivity contribution < 1.29 is 23.7 Å². The van der Waals surface area contributed by atoms with Crippen molar-refractivity contribution in [1.82, 2.24) is 0 Å². The molecule has 2 rings (SSSR count). The van der Waals surface area contributed by atoms with Crippen molar-refractivity contribution in [2.45, 2.75) is 25.4 Å². The van der Waals surface area contributed by atoms with E-state index in [0.29, 0.717) is 25.4 Å². The number of hydrogen-bond acceptors (Lipinski definition) is 5. The summed E-state index contributed by atoms with van der Waals surface area (Å²) in [4.78, 5) is 11.3. The maximum atomic E-state index is 11.3. The van der Waals surface area contributed by atoms with E-state index in [1.54, 1.807) is 6.92 Å². The van der Waals surface area contributed by atoms with Gasteiger partial charge in [0.05, 0.1) is 19.8 Å². The largest absolute Gasteiger partial charge is 0.429 e. The van der Waals surface area contributed by atoms with Gasteiger partial charge in [0.1, 0.15) is 12.2 Å². The molecule has 2 saturated heterocycles. The van der Waals surface area contributed by atoms with Gasteiger partial charge in [0.15, 0.2) is 0 Å². The highest BCUT2D eigenvalue weighted by Crippen LogP contribution is 2.21. The second kappa shape index (κ2) is 4.30. The first-order chi connectivity index (χ1) is 7.16. The number of carbonyl (C=O) groups excluding carboxylic acids is 1. The highest BCUT2D eigenvalue weighted by molar-refractivity contribution is 5.87. The molecule has 84 valence electrons. The van der Waals surface area contributed by atoms with Gasteiger partial charge >= 0.3 is 5.97 Å². The lowest BCUT2D eigenvalue weighted by Crippen LogP contribution is -2.28. The standard InChI is InChI=1S/C10H14O5/c1-6(2)9(11)15-10(8-5-13-8)14-4-7-3-12-7/h7-8,10H,1,3-5H2,2H3. The van der Waals surface area contributed by atoms with Crippen molar-refractivity contribution in [1.29, 1.82) is 0 Å². The van der Waals surface area contributed by atoms with Crippen LogP contribution < -0.4 is 0 Å². The monoisotopic (exact) mass is 214 g/mol. The van der Waals surface area contributed by atoms with E-state index < -0.39 is 12.3 Å². The Balaban J connectivity index is 1.76. The summed E-state index contributed by atoms with van der Waals surface area (Å²) in [6.07, 6.45) is -0.611. The first-order valence-electron chi connectivity index (χ1n) is 4.88. The fourth-order valence-electron chi connectivity index (χ4n) is 1.00. The van der Waals surface area contributed by atoms with E-state index in [-0.39, 0.29) is 12.2 Å². The van der Waals surface area contributed by atoms with Gasteiger partial charge in [0.2, 0.25) is 6.29 Å². The van der Waals surface area contributed by atoms with Gasteiger partial charge in [-0.15, -0.1) is 0 Å². The average molecular weight is 214 g/mol. The van der Waals surface area contributed by atoms with E-state index in [4.69, 9.17) is 18.9 Å². The molecule has 0 aromatic heterocycles. The molecule has 0 N–H and O–H groups in total. The maximum Gasteiger partial charge on any atom is 0.335 e. The molecule has 0 saturated carbocycles. The Hall–Kier alpha value is -0.910. The van der Waals surface area contributed by atoms with Gasteiger partial charge in [-0.1, -0.05) is 6.58 Å². The molecule has 3 atom stereocenters. The lowest BCUT2D eigenvalue weighted by Gasteiger charge is -2.15. The molecule has 0 amide bonds. The molecule has 2 aliphatic heterocycles. The first-order valence-corrected chi connectivity index (χ1v) is 4.88. The summed E-state index contributed by atoms with van der Waals surface area (Å²) in [7, 11) is 0. The van der Waals surface area contributed by atoms with E-state index in [1.165, 1.54) is 0 Å². The predicted octanol–water partition coefficient (Wildman–Crippen LogP) is 0.246. The van der Waals surface area contributed by atoms with Gasteiger partial charge in [0.25, 0.3) is 0 Å². The van der Waals surface area contributed by atoms with Crippen LogP contribution in [-0.2, 0) is 23.7 Å². The molecule has 3 unspecified atom stereocenters. The fourth-order valence-corrected chi connectivity index (χ4v) is 1.00. The van der Waals surface area contributed by atoms with Gasteiger partial charge < -0.3 is 18.9 Å². The van der Waals surface area contributed by atoms with Crippen LogP contribution in [0.1, 0.15) is 6.92 Å². The summed E-state index contributed by atoms with van der Waals surface area (Å²) in [6, 6.07) is 0. The molecule has 0 aromatic carbocycles. The normalized spacial score (nSPS) is 29.4. The molecular formula is C10H14O5. The SMILES string of the molecule is C=C(C)C(=O)OC(OCC1CO1)C1CO1. The minimum atomic E-state index is -0.626. The molecule has 2 aliphatic rings. The van der Waals surface area contributed by atoms with Crippen LogP contribution >= 0.6 is 0 Å². The Morgan fingerprint density at radius 2 is 2.20 bits per heavy atom. The number of esters is 1. The number of ether oxygens (including phenoxy) is 4. The van der Waals surface area contributed by atoms with E-state index in [9.17, 15) is 4.79 Å². The Labute approximate surface area is 87.9 Å². The van der Waals surface area contributed by atoms with Crippen LogP contribution in [0.15, 0.2) is 12.2 Å². The molecule has 0 aromatic rings. The summed E-state index contributed by atoms with van der Waals surface area (Å²) in [5.74, 6) is -0.452. The number of epoxide rings is 2. The van der Waals surface area contributed by atoms with E-state index in [1.807, 2.05) is 0 Å². The third-order valence-electron chi connectivity index (χ3n) is 2.08. The molecule has 2 fully saturated rings. The molecule has 5 heteroatoms. The summed E-state index contributed by atoms with van der Waals surface area (Å²) in [5.41, 5.74) is 0.354. The number of carbonyl (C=O) groups is 1. The molecular weight excluding hydrogens is 200 g/mol. The van der Waals surface area contributed by atoms with Gasteiger partial charge in [0, 0.05) is 5.57 Å². The van der Waals surface area contributed by atoms with Gasteiger partial charge in [-0.25, -0.2) is 4.79 Å². The minimum Gasteiger partial charge on any atom is -0.429 e. The smallest absolute Gasteiger partial charge is 0.335 e. The van der Waals surface area contributed by atoms with Crippen molar-refractivity contribution in [3.05, 3.63) is 12.2 Å². The zero-order valence-corrected chi connectivity index (χ0v) is 8.60. The predicted molar refractivity (Wildman–Crippen MR) is 50.1 cm³/mol. The third-order valence-corrected chi connectivity index (χ3v) is 2.08. The fraction of sp³-hybridized carbons (Fsp3) is 0.700. The van der Waals surface area contributed by atoms with Crippen LogP contribution in [0, 0.1) is 0 Å². The molecule has 15 heavy (non-hydrogen) atoms. The van der Waals surface area contributed by atoms with Gasteiger partial charge in [-0.05, 0) is 6.92 Å². The Morgan fingerprint density at radius 1 is 1.53 bits per heavy atom. The number of hydrogen-bond donors (Lipinski definition) is 0. The Bertz CT molecular complexity index is 267. The summed E-state index contributed by atoms with van der Waals surface area (Å²) in [6.45, 7) is 6.82. The second-order valence-electron chi connectivity index (χ2n) is 3.71. The Morgan fingerprint density at radius 3 is 2.67 bits per heavy atom. The molecule has 0 aliphatic carbocycles. The highest BCUT2D eigenvalue weighted by atomic mass is 16.7. The maximum absolute atomic E-state index is 11.3. The van der Waals surface area contributed by atoms with Gasteiger partial charge in [-0.3, -0.25) is 0 Å². The molecule has 5 nitrogen and oxygen atoms in total. The van der Waals surface area contributed by atoms with E-state index in [2.05, 4.69) is 6.58 Å². The summed E-state index contributed by atoms with van der Waals surface area (Å²) >= 11 is 0. The Kier molecular flexibility index (Phi) is 3.04. The summed E-state index contributed by atoms with van der Waals surface area (Å²) in [5, 5.41) is 0. The summed E-state index contributed by atoms with van der Waals surface area (Å²) < 4.78 is 20.5. The van der Waals surface area contributed by atoms with Crippen molar-refractivity contribution >= 4 is 5.97 Å². The quantitative estimate of drug-likeness (QED) is 0.274. The van der Waals surface area contributed by atoms with Crippen LogP contribution in [0.5, 0.6) is 0 Å². The molecule has 2 heterocycles. The van der Waals surface area contributed by atoms with E-state index in [0.717, 1.165) is 0 Å². The topological polar surface area (TPSA) is 60.6 Å². The minimum absolute atomic E-state index is 0.132. The van der Waals surface area contributed by atoms with Crippen LogP contribution in [0.3, 0.4) is 0 Å². The van der Waals surface area contributed by atoms with Crippen LogP contribution in [0.4, 0.5) is 0 Å².